The van der Waals surface area contributed by atoms with Crippen LogP contribution in [-0.4, -0.2) is 34.0 Å². The van der Waals surface area contributed by atoms with E-state index in [1.54, 1.807) is 25.7 Å². The largest absolute Gasteiger partial charge is 0.497 e. The molecule has 0 aliphatic carbocycles. The molecule has 1 aromatic carbocycles. The minimum Gasteiger partial charge on any atom is -0.497 e. The number of ether oxygens (including phenoxy) is 1. The van der Waals surface area contributed by atoms with Gasteiger partial charge < -0.3 is 15.5 Å². The molecule has 2 heterocycles. The molecule has 2 aromatic heterocycles. The summed E-state index contributed by atoms with van der Waals surface area (Å²) in [5.41, 5.74) is 5.67. The predicted molar refractivity (Wildman–Crippen MR) is 115 cm³/mol. The van der Waals surface area contributed by atoms with Gasteiger partial charge in [0, 0.05) is 29.9 Å². The molecule has 0 fully saturated rings. The Hall–Kier alpha value is -3.81. The van der Waals surface area contributed by atoms with Crippen LogP contribution in [0.25, 0.3) is 0 Å². The van der Waals surface area contributed by atoms with Crippen molar-refractivity contribution in [1.29, 1.82) is 5.41 Å². The van der Waals surface area contributed by atoms with Crippen molar-refractivity contribution in [2.75, 3.05) is 17.9 Å². The standard InChI is InChI=1S/C21H23N7O/c1-3-5-18(22)19-20(27-16-6-4-7-17(12-16)29-2)24-14-25-21(19)28-26-13-15-8-10-23-11-9-15/h4,6-14,22H,3,5H2,1-2H3,(H2,24,25,27,28)/b22-18?,26-13+. The van der Waals surface area contributed by atoms with Gasteiger partial charge in [-0.05, 0) is 36.2 Å². The van der Waals surface area contributed by atoms with Crippen LogP contribution in [0.1, 0.15) is 30.9 Å². The molecule has 0 radical (unpaired) electrons. The first kappa shape index (κ1) is 19.9. The topological polar surface area (TPSA) is 108 Å². The van der Waals surface area contributed by atoms with Gasteiger partial charge in [0.15, 0.2) is 5.82 Å². The molecule has 3 N–H and O–H groups in total. The maximum Gasteiger partial charge on any atom is 0.160 e. The van der Waals surface area contributed by atoms with Gasteiger partial charge in [-0.25, -0.2) is 9.97 Å². The van der Waals surface area contributed by atoms with E-state index in [4.69, 9.17) is 10.1 Å². The van der Waals surface area contributed by atoms with Crippen molar-refractivity contribution in [1.82, 2.24) is 15.0 Å². The Morgan fingerprint density at radius 2 is 1.97 bits per heavy atom. The van der Waals surface area contributed by atoms with Crippen molar-refractivity contribution < 1.29 is 4.74 Å². The Kier molecular flexibility index (Phi) is 6.83. The van der Waals surface area contributed by atoms with Gasteiger partial charge in [0.2, 0.25) is 0 Å². The van der Waals surface area contributed by atoms with Crippen molar-refractivity contribution in [3.8, 4) is 5.75 Å². The highest BCUT2D eigenvalue weighted by molar-refractivity contribution is 6.06. The Labute approximate surface area is 169 Å². The third kappa shape index (κ3) is 5.35. The number of hydrazone groups is 1. The fraction of sp³-hybridized carbons (Fsp3) is 0.190. The lowest BCUT2D eigenvalue weighted by atomic mass is 10.1. The zero-order valence-electron chi connectivity index (χ0n) is 16.4. The zero-order valence-corrected chi connectivity index (χ0v) is 16.4. The first-order valence-electron chi connectivity index (χ1n) is 9.24. The van der Waals surface area contributed by atoms with E-state index in [0.29, 0.717) is 29.3 Å². The van der Waals surface area contributed by atoms with Gasteiger partial charge in [0.05, 0.1) is 18.9 Å². The van der Waals surface area contributed by atoms with Crippen LogP contribution in [-0.2, 0) is 0 Å². The quantitative estimate of drug-likeness (QED) is 0.373. The molecule has 0 unspecified atom stereocenters. The molecule has 3 rings (SSSR count). The van der Waals surface area contributed by atoms with Crippen molar-refractivity contribution in [3.63, 3.8) is 0 Å². The summed E-state index contributed by atoms with van der Waals surface area (Å²) in [5.74, 6) is 1.73. The molecule has 3 aromatic rings. The zero-order chi connectivity index (χ0) is 20.5. The molecule has 0 saturated carbocycles. The molecule has 8 nitrogen and oxygen atoms in total. The summed E-state index contributed by atoms with van der Waals surface area (Å²) in [7, 11) is 1.62. The molecule has 0 amide bonds. The van der Waals surface area contributed by atoms with Crippen molar-refractivity contribution in [2.24, 2.45) is 5.10 Å². The summed E-state index contributed by atoms with van der Waals surface area (Å²) in [6.45, 7) is 2.03. The van der Waals surface area contributed by atoms with Crippen LogP contribution in [0.4, 0.5) is 17.3 Å². The van der Waals surface area contributed by atoms with E-state index in [9.17, 15) is 0 Å². The lowest BCUT2D eigenvalue weighted by molar-refractivity contribution is 0.415. The number of anilines is 3. The van der Waals surface area contributed by atoms with Gasteiger partial charge in [-0.3, -0.25) is 10.4 Å². The fourth-order valence-corrected chi connectivity index (χ4v) is 2.68. The summed E-state index contributed by atoms with van der Waals surface area (Å²) in [4.78, 5) is 12.6. The van der Waals surface area contributed by atoms with Crippen LogP contribution < -0.4 is 15.5 Å². The third-order valence-electron chi connectivity index (χ3n) is 4.07. The number of nitrogens with zero attached hydrogens (tertiary/aromatic N) is 4. The lowest BCUT2D eigenvalue weighted by Gasteiger charge is -2.15. The highest BCUT2D eigenvalue weighted by atomic mass is 16.5. The average molecular weight is 389 g/mol. The molecule has 29 heavy (non-hydrogen) atoms. The number of hydrogen-bond acceptors (Lipinski definition) is 8. The fourth-order valence-electron chi connectivity index (χ4n) is 2.68. The number of pyridine rings is 1. The normalized spacial score (nSPS) is 10.7. The van der Waals surface area contributed by atoms with Crippen LogP contribution in [0.2, 0.25) is 0 Å². The monoisotopic (exact) mass is 389 g/mol. The second-order valence-corrected chi connectivity index (χ2v) is 6.18. The second kappa shape index (κ2) is 9.93. The van der Waals surface area contributed by atoms with Gasteiger partial charge >= 0.3 is 0 Å². The Morgan fingerprint density at radius 1 is 1.17 bits per heavy atom. The van der Waals surface area contributed by atoms with Gasteiger partial charge in [0.1, 0.15) is 17.9 Å². The molecule has 8 heteroatoms. The summed E-state index contributed by atoms with van der Waals surface area (Å²) in [5, 5.41) is 16.0. The molecular formula is C21H23N7O. The number of aromatic nitrogens is 3. The summed E-state index contributed by atoms with van der Waals surface area (Å²) in [6, 6.07) is 11.2. The Balaban J connectivity index is 1.90. The number of nitrogens with one attached hydrogen (secondary N) is 3. The van der Waals surface area contributed by atoms with Crippen LogP contribution in [0.3, 0.4) is 0 Å². The number of benzene rings is 1. The first-order chi connectivity index (χ1) is 14.2. The van der Waals surface area contributed by atoms with Crippen LogP contribution >= 0.6 is 0 Å². The van der Waals surface area contributed by atoms with Gasteiger partial charge in [0.25, 0.3) is 0 Å². The Bertz CT molecular complexity index is 989. The molecule has 0 aliphatic heterocycles. The summed E-state index contributed by atoms with van der Waals surface area (Å²) >= 11 is 0. The number of hydrogen-bond donors (Lipinski definition) is 3. The average Bonchev–Trinajstić information content (AvgIpc) is 2.75. The van der Waals surface area contributed by atoms with Crippen LogP contribution in [0.15, 0.2) is 60.2 Å². The van der Waals surface area contributed by atoms with E-state index in [1.807, 2.05) is 43.3 Å². The van der Waals surface area contributed by atoms with Crippen molar-refractivity contribution in [3.05, 3.63) is 66.2 Å². The van der Waals surface area contributed by atoms with E-state index in [0.717, 1.165) is 23.4 Å². The number of rotatable bonds is 9. The van der Waals surface area contributed by atoms with E-state index in [1.165, 1.54) is 6.33 Å². The highest BCUT2D eigenvalue weighted by Gasteiger charge is 2.16. The molecule has 0 saturated heterocycles. The predicted octanol–water partition coefficient (Wildman–Crippen LogP) is 4.24. The molecule has 0 atom stereocenters. The van der Waals surface area contributed by atoms with Crippen molar-refractivity contribution >= 4 is 29.2 Å². The first-order valence-corrected chi connectivity index (χ1v) is 9.24. The minimum absolute atomic E-state index is 0.431. The maximum absolute atomic E-state index is 8.51. The second-order valence-electron chi connectivity index (χ2n) is 6.18. The molecule has 0 bridgehead atoms. The lowest BCUT2D eigenvalue weighted by Crippen LogP contribution is -2.11. The van der Waals surface area contributed by atoms with Gasteiger partial charge in [-0.15, -0.1) is 0 Å². The van der Waals surface area contributed by atoms with Crippen LogP contribution in [0, 0.1) is 5.41 Å². The third-order valence-corrected chi connectivity index (χ3v) is 4.07. The molecule has 0 aliphatic rings. The number of methoxy groups -OCH3 is 1. The maximum atomic E-state index is 8.51. The summed E-state index contributed by atoms with van der Waals surface area (Å²) in [6.07, 6.45) is 7.95. The molecule has 148 valence electrons. The minimum atomic E-state index is 0.431. The van der Waals surface area contributed by atoms with Crippen LogP contribution in [0.5, 0.6) is 5.75 Å². The molecule has 0 spiro atoms. The Morgan fingerprint density at radius 3 is 2.72 bits per heavy atom. The highest BCUT2D eigenvalue weighted by Crippen LogP contribution is 2.27. The van der Waals surface area contributed by atoms with E-state index >= 15 is 0 Å². The van der Waals surface area contributed by atoms with Gasteiger partial charge in [-0.2, -0.15) is 5.10 Å². The van der Waals surface area contributed by atoms with Gasteiger partial charge in [-0.1, -0.05) is 19.4 Å². The van der Waals surface area contributed by atoms with E-state index in [-0.39, 0.29) is 0 Å². The smallest absolute Gasteiger partial charge is 0.160 e. The SMILES string of the molecule is CCCC(=N)c1c(N/N=C/c2ccncc2)ncnc1Nc1cccc(OC)c1. The molecular weight excluding hydrogens is 366 g/mol. The van der Waals surface area contributed by atoms with E-state index < -0.39 is 0 Å². The van der Waals surface area contributed by atoms with Crippen molar-refractivity contribution in [2.45, 2.75) is 19.8 Å². The summed E-state index contributed by atoms with van der Waals surface area (Å²) < 4.78 is 5.28. The van der Waals surface area contributed by atoms with E-state index in [2.05, 4.69) is 30.8 Å².